The van der Waals surface area contributed by atoms with Crippen molar-refractivity contribution in [3.8, 4) is 0 Å². The molecule has 0 aliphatic carbocycles. The third-order valence-electron chi connectivity index (χ3n) is 7.15. The minimum atomic E-state index is -0.656. The summed E-state index contributed by atoms with van der Waals surface area (Å²) < 4.78 is 18.1. The molecule has 0 saturated carbocycles. The van der Waals surface area contributed by atoms with Crippen molar-refractivity contribution < 1.29 is 18.8 Å². The van der Waals surface area contributed by atoms with Crippen LogP contribution in [0.25, 0.3) is 0 Å². The van der Waals surface area contributed by atoms with Gasteiger partial charge >= 0.3 is 13.1 Å². The lowest BCUT2D eigenvalue weighted by Gasteiger charge is -2.35. The maximum Gasteiger partial charge on any atom is 0.457 e. The van der Waals surface area contributed by atoms with E-state index in [0.29, 0.717) is 0 Å². The SMILES string of the molecule is CNC(CCCCB1OC(C)(C)C(C)(C)O1)(CCCN1CCNCC1)C(=O)OC(C)(C)C. The van der Waals surface area contributed by atoms with Gasteiger partial charge in [-0.2, -0.15) is 0 Å². The summed E-state index contributed by atoms with van der Waals surface area (Å²) in [6, 6.07) is 0. The van der Waals surface area contributed by atoms with Gasteiger partial charge in [0.2, 0.25) is 0 Å². The predicted molar refractivity (Wildman–Crippen MR) is 131 cm³/mol. The van der Waals surface area contributed by atoms with Crippen molar-refractivity contribution in [2.75, 3.05) is 39.8 Å². The summed E-state index contributed by atoms with van der Waals surface area (Å²) in [5.74, 6) is -0.136. The van der Waals surface area contributed by atoms with E-state index in [0.717, 1.165) is 71.1 Å². The van der Waals surface area contributed by atoms with Gasteiger partial charge in [-0.25, -0.2) is 0 Å². The van der Waals surface area contributed by atoms with E-state index in [4.69, 9.17) is 14.0 Å². The molecular formula is C24H48BN3O4. The number of carbonyl (C=O) groups excluding carboxylic acids is 1. The Morgan fingerprint density at radius 1 is 1.03 bits per heavy atom. The van der Waals surface area contributed by atoms with Gasteiger partial charge in [0.1, 0.15) is 11.1 Å². The molecule has 2 aliphatic heterocycles. The lowest BCUT2D eigenvalue weighted by molar-refractivity contribution is -0.164. The smallest absolute Gasteiger partial charge is 0.457 e. The van der Waals surface area contributed by atoms with E-state index in [2.05, 4.69) is 43.2 Å². The maximum absolute atomic E-state index is 13.3. The molecule has 186 valence electrons. The van der Waals surface area contributed by atoms with Crippen LogP contribution in [-0.4, -0.2) is 80.1 Å². The van der Waals surface area contributed by atoms with Crippen molar-refractivity contribution in [3.63, 3.8) is 0 Å². The second-order valence-electron chi connectivity index (χ2n) is 11.5. The molecule has 2 saturated heterocycles. The summed E-state index contributed by atoms with van der Waals surface area (Å²) in [5.41, 5.74) is -1.75. The van der Waals surface area contributed by atoms with Crippen LogP contribution in [0.4, 0.5) is 0 Å². The Hall–Kier alpha value is -0.665. The van der Waals surface area contributed by atoms with Gasteiger partial charge in [0, 0.05) is 26.2 Å². The molecule has 0 bridgehead atoms. The molecule has 2 rings (SSSR count). The van der Waals surface area contributed by atoms with Crippen LogP contribution in [-0.2, 0) is 18.8 Å². The maximum atomic E-state index is 13.3. The summed E-state index contributed by atoms with van der Waals surface area (Å²) in [6.07, 6.45) is 5.19. The van der Waals surface area contributed by atoms with Crippen LogP contribution >= 0.6 is 0 Å². The Morgan fingerprint density at radius 3 is 2.12 bits per heavy atom. The first-order valence-electron chi connectivity index (χ1n) is 12.5. The normalized spacial score (nSPS) is 23.2. The number of nitrogens with one attached hydrogen (secondary N) is 2. The lowest BCUT2D eigenvalue weighted by Crippen LogP contribution is -2.53. The zero-order valence-corrected chi connectivity index (χ0v) is 21.9. The van der Waals surface area contributed by atoms with Gasteiger partial charge in [-0.05, 0) is 87.6 Å². The van der Waals surface area contributed by atoms with E-state index in [1.165, 1.54) is 0 Å². The second kappa shape index (κ2) is 11.2. The number of rotatable bonds is 11. The summed E-state index contributed by atoms with van der Waals surface area (Å²) in [5, 5.41) is 6.76. The number of unbranched alkanes of at least 4 members (excludes halogenated alkanes) is 1. The molecule has 0 radical (unpaired) electrons. The molecule has 2 heterocycles. The standard InChI is InChI=1S/C24H48BN3O4/c1-21(2,3)30-20(29)24(26-8,13-11-17-28-18-15-27-16-19-28)12-9-10-14-25-31-22(4,5)23(6,7)32-25/h26-27H,9-19H2,1-8H3. The van der Waals surface area contributed by atoms with Crippen LogP contribution in [0.1, 0.15) is 80.6 Å². The summed E-state index contributed by atoms with van der Waals surface area (Å²) in [6.45, 7) is 19.4. The number of hydrogen-bond acceptors (Lipinski definition) is 7. The van der Waals surface area contributed by atoms with Crippen molar-refractivity contribution >= 4 is 13.1 Å². The van der Waals surface area contributed by atoms with Gasteiger partial charge in [0.15, 0.2) is 0 Å². The van der Waals surface area contributed by atoms with Crippen molar-refractivity contribution in [2.45, 2.75) is 109 Å². The fourth-order valence-electron chi connectivity index (χ4n) is 4.42. The number of nitrogens with zero attached hydrogens (tertiary/aromatic N) is 1. The van der Waals surface area contributed by atoms with Gasteiger partial charge < -0.3 is 29.6 Å². The zero-order chi connectivity index (χ0) is 24.0. The zero-order valence-electron chi connectivity index (χ0n) is 21.9. The van der Waals surface area contributed by atoms with Gasteiger partial charge in [-0.3, -0.25) is 4.79 Å². The fraction of sp³-hybridized carbons (Fsp3) is 0.958. The molecule has 7 nitrogen and oxygen atoms in total. The molecule has 0 aromatic carbocycles. The van der Waals surface area contributed by atoms with E-state index in [9.17, 15) is 4.79 Å². The highest BCUT2D eigenvalue weighted by Gasteiger charge is 2.50. The molecule has 0 amide bonds. The quantitative estimate of drug-likeness (QED) is 0.283. The molecule has 32 heavy (non-hydrogen) atoms. The number of carbonyl (C=O) groups is 1. The van der Waals surface area contributed by atoms with Gasteiger partial charge in [-0.1, -0.05) is 12.8 Å². The van der Waals surface area contributed by atoms with E-state index in [-0.39, 0.29) is 24.3 Å². The van der Waals surface area contributed by atoms with Crippen LogP contribution < -0.4 is 10.6 Å². The highest BCUT2D eigenvalue weighted by atomic mass is 16.7. The largest absolute Gasteiger partial charge is 0.459 e. The van der Waals surface area contributed by atoms with Crippen molar-refractivity contribution in [3.05, 3.63) is 0 Å². The number of hydrogen-bond donors (Lipinski definition) is 2. The molecule has 1 unspecified atom stereocenters. The first kappa shape index (κ1) is 27.6. The average molecular weight is 453 g/mol. The Labute approximate surface area is 196 Å². The molecule has 0 aromatic heterocycles. The van der Waals surface area contributed by atoms with Crippen molar-refractivity contribution in [1.82, 2.24) is 15.5 Å². The molecule has 2 fully saturated rings. The summed E-state index contributed by atoms with van der Waals surface area (Å²) >= 11 is 0. The fourth-order valence-corrected chi connectivity index (χ4v) is 4.42. The van der Waals surface area contributed by atoms with Crippen molar-refractivity contribution in [2.24, 2.45) is 0 Å². The van der Waals surface area contributed by atoms with Crippen LogP contribution in [0.5, 0.6) is 0 Å². The molecule has 0 spiro atoms. The predicted octanol–water partition coefficient (Wildman–Crippen LogP) is 3.23. The third kappa shape index (κ3) is 7.69. The molecule has 0 aromatic rings. The monoisotopic (exact) mass is 453 g/mol. The van der Waals surface area contributed by atoms with Crippen LogP contribution in [0.15, 0.2) is 0 Å². The average Bonchev–Trinajstić information content (AvgIpc) is 2.89. The Kier molecular flexibility index (Phi) is 9.63. The second-order valence-corrected chi connectivity index (χ2v) is 11.5. The summed E-state index contributed by atoms with van der Waals surface area (Å²) in [4.78, 5) is 15.7. The van der Waals surface area contributed by atoms with Crippen molar-refractivity contribution in [1.29, 1.82) is 0 Å². The molecule has 8 heteroatoms. The Morgan fingerprint density at radius 2 is 1.59 bits per heavy atom. The van der Waals surface area contributed by atoms with Gasteiger partial charge in [0.05, 0.1) is 11.2 Å². The highest BCUT2D eigenvalue weighted by molar-refractivity contribution is 6.45. The lowest BCUT2D eigenvalue weighted by atomic mass is 9.80. The van der Waals surface area contributed by atoms with E-state index in [1.807, 2.05) is 27.8 Å². The van der Waals surface area contributed by atoms with Gasteiger partial charge in [0.25, 0.3) is 0 Å². The first-order valence-corrected chi connectivity index (χ1v) is 12.5. The molecule has 2 aliphatic rings. The molecular weight excluding hydrogens is 405 g/mol. The van der Waals surface area contributed by atoms with Crippen LogP contribution in [0.2, 0.25) is 6.32 Å². The van der Waals surface area contributed by atoms with E-state index >= 15 is 0 Å². The minimum Gasteiger partial charge on any atom is -0.459 e. The Balaban J connectivity index is 1.91. The third-order valence-corrected chi connectivity index (χ3v) is 7.15. The first-order chi connectivity index (χ1) is 14.8. The number of esters is 1. The van der Waals surface area contributed by atoms with E-state index < -0.39 is 11.1 Å². The van der Waals surface area contributed by atoms with E-state index in [1.54, 1.807) is 0 Å². The number of piperazine rings is 1. The summed E-state index contributed by atoms with van der Waals surface area (Å²) in [7, 11) is 1.71. The minimum absolute atomic E-state index is 0.136. The molecule has 1 atom stereocenters. The van der Waals surface area contributed by atoms with Crippen LogP contribution in [0.3, 0.4) is 0 Å². The van der Waals surface area contributed by atoms with Gasteiger partial charge in [-0.15, -0.1) is 0 Å². The molecule has 2 N–H and O–H groups in total. The Bertz CT molecular complexity index is 587. The highest BCUT2D eigenvalue weighted by Crippen LogP contribution is 2.38. The van der Waals surface area contributed by atoms with Crippen LogP contribution in [0, 0.1) is 0 Å². The number of ether oxygens (including phenoxy) is 1. The topological polar surface area (TPSA) is 72.1 Å². The number of likely N-dealkylation sites (N-methyl/N-ethyl adjacent to an activating group) is 1.